The van der Waals surface area contributed by atoms with Gasteiger partial charge >= 0.3 is 5.97 Å². The van der Waals surface area contributed by atoms with Gasteiger partial charge in [-0.1, -0.05) is 74.5 Å². The van der Waals surface area contributed by atoms with E-state index in [1.807, 2.05) is 81.4 Å². The Labute approximate surface area is 167 Å². The van der Waals surface area contributed by atoms with Crippen LogP contribution in [-0.4, -0.2) is 54.9 Å². The highest BCUT2D eigenvalue weighted by Gasteiger charge is 2.45. The van der Waals surface area contributed by atoms with Crippen LogP contribution in [-0.2, 0) is 19.9 Å². The molecule has 0 heterocycles. The van der Waals surface area contributed by atoms with Gasteiger partial charge < -0.3 is 19.5 Å². The number of carbonyl (C=O) groups excluding carboxylic acids is 1. The van der Waals surface area contributed by atoms with E-state index in [1.165, 1.54) is 0 Å². The lowest BCUT2D eigenvalue weighted by molar-refractivity contribution is -0.171. The molecule has 0 bridgehead atoms. The normalized spacial score (nSPS) is 12.8. The number of nitrogens with zero attached hydrogens (tertiary/aromatic N) is 1. The third-order valence-electron chi connectivity index (χ3n) is 4.78. The van der Waals surface area contributed by atoms with Crippen molar-refractivity contribution in [1.29, 1.82) is 0 Å². The number of aliphatic hydroxyl groups excluding tert-OH is 1. The minimum atomic E-state index is -1.37. The van der Waals surface area contributed by atoms with Crippen LogP contribution in [0.1, 0.15) is 31.9 Å². The molecule has 0 fully saturated rings. The Bertz CT molecular complexity index is 662. The quantitative estimate of drug-likeness (QED) is 0.602. The van der Waals surface area contributed by atoms with Crippen molar-refractivity contribution in [2.24, 2.45) is 0 Å². The highest BCUT2D eigenvalue weighted by atomic mass is 16.6. The average Bonchev–Trinajstić information content (AvgIpc) is 2.75. The summed E-state index contributed by atoms with van der Waals surface area (Å²) in [7, 11) is 0. The highest BCUT2D eigenvalue weighted by Crippen LogP contribution is 2.35. The second-order valence-corrected chi connectivity index (χ2v) is 6.58. The minimum Gasteiger partial charge on any atom is -0.460 e. The number of aliphatic hydroxyl groups is 1. The van der Waals surface area contributed by atoms with Crippen molar-refractivity contribution >= 4 is 5.97 Å². The van der Waals surface area contributed by atoms with Crippen molar-refractivity contribution in [3.63, 3.8) is 0 Å². The molecule has 1 atom stereocenters. The monoisotopic (exact) mass is 385 g/mol. The molecule has 2 aromatic carbocycles. The Morgan fingerprint density at radius 1 is 0.964 bits per heavy atom. The van der Waals surface area contributed by atoms with E-state index in [0.29, 0.717) is 24.3 Å². The molecule has 5 nitrogen and oxygen atoms in total. The lowest BCUT2D eigenvalue weighted by Crippen LogP contribution is -2.43. The first-order valence-electron chi connectivity index (χ1n) is 9.91. The molecule has 0 amide bonds. The van der Waals surface area contributed by atoms with Gasteiger partial charge in [-0.3, -0.25) is 0 Å². The van der Waals surface area contributed by atoms with Gasteiger partial charge in [-0.15, -0.1) is 0 Å². The lowest BCUT2D eigenvalue weighted by Gasteiger charge is -2.33. The summed E-state index contributed by atoms with van der Waals surface area (Å²) in [4.78, 5) is 15.4. The molecular weight excluding hydrogens is 354 g/mol. The van der Waals surface area contributed by atoms with Gasteiger partial charge in [0, 0.05) is 13.2 Å². The fourth-order valence-corrected chi connectivity index (χ4v) is 3.30. The van der Waals surface area contributed by atoms with Gasteiger partial charge in [0.1, 0.15) is 12.7 Å². The van der Waals surface area contributed by atoms with Crippen LogP contribution in [0, 0.1) is 0 Å². The number of hydrogen-bond donors (Lipinski definition) is 1. The molecule has 0 spiro atoms. The van der Waals surface area contributed by atoms with Crippen molar-refractivity contribution in [2.45, 2.75) is 32.5 Å². The smallest absolute Gasteiger partial charge is 0.347 e. The molecule has 0 aromatic heterocycles. The van der Waals surface area contributed by atoms with E-state index in [9.17, 15) is 9.90 Å². The molecule has 2 aromatic rings. The third-order valence-corrected chi connectivity index (χ3v) is 4.78. The SMILES string of the molecule is CCOC(C(=O)OC[C@H](O)CN(CC)CC)(c1ccccc1)c1ccccc1. The van der Waals surface area contributed by atoms with Crippen molar-refractivity contribution in [1.82, 2.24) is 4.90 Å². The van der Waals surface area contributed by atoms with Gasteiger partial charge in [-0.2, -0.15) is 0 Å². The summed E-state index contributed by atoms with van der Waals surface area (Å²) in [6, 6.07) is 18.7. The zero-order valence-corrected chi connectivity index (χ0v) is 17.0. The summed E-state index contributed by atoms with van der Waals surface area (Å²) < 4.78 is 11.6. The van der Waals surface area contributed by atoms with E-state index in [2.05, 4.69) is 4.90 Å². The highest BCUT2D eigenvalue weighted by molar-refractivity contribution is 5.85. The van der Waals surface area contributed by atoms with Gasteiger partial charge in [0.15, 0.2) is 0 Å². The summed E-state index contributed by atoms with van der Waals surface area (Å²) in [5.41, 5.74) is 0.0317. The third kappa shape index (κ3) is 5.19. The van der Waals surface area contributed by atoms with Crippen LogP contribution >= 0.6 is 0 Å². The maximum Gasteiger partial charge on any atom is 0.347 e. The molecule has 0 unspecified atom stereocenters. The molecular formula is C23H31NO4. The number of hydrogen-bond acceptors (Lipinski definition) is 5. The minimum absolute atomic E-state index is 0.0795. The van der Waals surface area contributed by atoms with Crippen molar-refractivity contribution < 1.29 is 19.4 Å². The fourth-order valence-electron chi connectivity index (χ4n) is 3.30. The first-order chi connectivity index (χ1) is 13.6. The second-order valence-electron chi connectivity index (χ2n) is 6.58. The standard InChI is InChI=1S/C23H31NO4/c1-4-24(5-2)17-21(25)18-27-22(26)23(28-6-3,19-13-9-7-10-14-19)20-15-11-8-12-16-20/h7-16,21,25H,4-6,17-18H2,1-3H3/t21-/m1/s1. The number of carbonyl (C=O) groups is 1. The van der Waals surface area contributed by atoms with Crippen LogP contribution < -0.4 is 0 Å². The van der Waals surface area contributed by atoms with Crippen LogP contribution in [0.3, 0.4) is 0 Å². The van der Waals surface area contributed by atoms with E-state index in [1.54, 1.807) is 0 Å². The van der Waals surface area contributed by atoms with E-state index < -0.39 is 17.7 Å². The topological polar surface area (TPSA) is 59.0 Å². The number of benzene rings is 2. The van der Waals surface area contributed by atoms with Crippen LogP contribution in [0.4, 0.5) is 0 Å². The maximum absolute atomic E-state index is 13.3. The fraction of sp³-hybridized carbons (Fsp3) is 0.435. The van der Waals surface area contributed by atoms with Crippen LogP contribution in [0.2, 0.25) is 0 Å². The van der Waals surface area contributed by atoms with Crippen LogP contribution in [0.5, 0.6) is 0 Å². The van der Waals surface area contributed by atoms with Gasteiger partial charge in [0.05, 0.1) is 0 Å². The summed E-state index contributed by atoms with van der Waals surface area (Å²) in [6.45, 7) is 8.30. The van der Waals surface area contributed by atoms with E-state index in [-0.39, 0.29) is 6.61 Å². The van der Waals surface area contributed by atoms with Crippen molar-refractivity contribution in [3.05, 3.63) is 71.8 Å². The van der Waals surface area contributed by atoms with E-state index >= 15 is 0 Å². The number of esters is 1. The first kappa shape index (κ1) is 22.1. The van der Waals surface area contributed by atoms with E-state index in [4.69, 9.17) is 9.47 Å². The van der Waals surface area contributed by atoms with Crippen LogP contribution in [0.15, 0.2) is 60.7 Å². The van der Waals surface area contributed by atoms with Crippen molar-refractivity contribution in [2.75, 3.05) is 32.8 Å². The Kier molecular flexibility index (Phi) is 8.64. The summed E-state index contributed by atoms with van der Waals surface area (Å²) >= 11 is 0. The van der Waals surface area contributed by atoms with Gasteiger partial charge in [0.25, 0.3) is 0 Å². The average molecular weight is 386 g/mol. The predicted octanol–water partition coefficient (Wildman–Crippen LogP) is 3.21. The first-order valence-corrected chi connectivity index (χ1v) is 9.91. The van der Waals surface area contributed by atoms with Gasteiger partial charge in [-0.25, -0.2) is 4.79 Å². The molecule has 0 aliphatic rings. The molecule has 28 heavy (non-hydrogen) atoms. The molecule has 0 saturated heterocycles. The Hall–Kier alpha value is -2.21. The molecule has 0 aliphatic heterocycles. The Morgan fingerprint density at radius 2 is 1.46 bits per heavy atom. The summed E-state index contributed by atoms with van der Waals surface area (Å²) in [6.07, 6.45) is -0.755. The Morgan fingerprint density at radius 3 is 1.89 bits per heavy atom. The lowest BCUT2D eigenvalue weighted by atomic mass is 9.86. The number of likely N-dealkylation sites (N-methyl/N-ethyl adjacent to an activating group) is 1. The molecule has 1 N–H and O–H groups in total. The van der Waals surface area contributed by atoms with Gasteiger partial charge in [0.2, 0.25) is 5.60 Å². The van der Waals surface area contributed by atoms with E-state index in [0.717, 1.165) is 13.1 Å². The second kappa shape index (κ2) is 11.0. The Balaban J connectivity index is 2.30. The van der Waals surface area contributed by atoms with Crippen LogP contribution in [0.25, 0.3) is 0 Å². The molecule has 5 heteroatoms. The largest absolute Gasteiger partial charge is 0.460 e. The van der Waals surface area contributed by atoms with Crippen molar-refractivity contribution in [3.8, 4) is 0 Å². The molecule has 0 radical (unpaired) electrons. The zero-order chi connectivity index (χ0) is 20.4. The number of ether oxygens (including phenoxy) is 2. The number of rotatable bonds is 11. The van der Waals surface area contributed by atoms with Gasteiger partial charge in [-0.05, 0) is 31.1 Å². The summed E-state index contributed by atoms with van der Waals surface area (Å²) in [5, 5.41) is 10.3. The zero-order valence-electron chi connectivity index (χ0n) is 17.0. The maximum atomic E-state index is 13.3. The molecule has 152 valence electrons. The summed E-state index contributed by atoms with van der Waals surface area (Å²) in [5.74, 6) is -0.523. The molecule has 2 rings (SSSR count). The molecule has 0 saturated carbocycles. The predicted molar refractivity (Wildman–Crippen MR) is 110 cm³/mol. The molecule has 0 aliphatic carbocycles.